The van der Waals surface area contributed by atoms with Gasteiger partial charge in [0.2, 0.25) is 0 Å². The first-order valence-corrected chi connectivity index (χ1v) is 5.29. The van der Waals surface area contributed by atoms with Gasteiger partial charge in [-0.25, -0.2) is 4.98 Å². The Labute approximate surface area is 74.4 Å². The van der Waals surface area contributed by atoms with Crippen molar-refractivity contribution in [2.75, 3.05) is 0 Å². The highest BCUT2D eigenvalue weighted by molar-refractivity contribution is 9.50. The minimum absolute atomic E-state index is 0.0574. The minimum Gasteiger partial charge on any atom is -0.258 e. The molecule has 0 N–H and O–H groups in total. The zero-order valence-corrected chi connectivity index (χ0v) is 7.63. The average Bonchev–Trinajstić information content (AvgIpc) is 2.05. The molecule has 0 aromatic carbocycles. The van der Waals surface area contributed by atoms with Crippen molar-refractivity contribution in [3.8, 4) is 0 Å². The molecule has 0 unspecified atom stereocenters. The fourth-order valence-electron chi connectivity index (χ4n) is 0.555. The van der Waals surface area contributed by atoms with Crippen molar-refractivity contribution >= 4 is 30.7 Å². The molecule has 1 aromatic rings. The standard InChI is InChI=1S/C5H3BrN2O2S/c6-11-5-3-4(8(9)10)1-2-7-5/h1-3H. The lowest BCUT2D eigenvalue weighted by molar-refractivity contribution is -0.385. The van der Waals surface area contributed by atoms with Crippen LogP contribution in [0.4, 0.5) is 5.69 Å². The average molecular weight is 235 g/mol. The van der Waals surface area contributed by atoms with Crippen molar-refractivity contribution in [1.82, 2.24) is 4.98 Å². The summed E-state index contributed by atoms with van der Waals surface area (Å²) in [6, 6.07) is 2.76. The van der Waals surface area contributed by atoms with E-state index < -0.39 is 4.92 Å². The van der Waals surface area contributed by atoms with Crippen molar-refractivity contribution in [3.63, 3.8) is 0 Å². The molecule has 4 nitrogen and oxygen atoms in total. The Morgan fingerprint density at radius 1 is 1.73 bits per heavy atom. The summed E-state index contributed by atoms with van der Waals surface area (Å²) in [5.41, 5.74) is 0.0574. The molecule has 0 bridgehead atoms. The van der Waals surface area contributed by atoms with Crippen LogP contribution in [0.1, 0.15) is 0 Å². The number of nitro groups is 1. The molecule has 11 heavy (non-hydrogen) atoms. The smallest absolute Gasteiger partial charge is 0.258 e. The van der Waals surface area contributed by atoms with Crippen molar-refractivity contribution in [3.05, 3.63) is 28.4 Å². The topological polar surface area (TPSA) is 56.0 Å². The van der Waals surface area contributed by atoms with Gasteiger partial charge in [0.25, 0.3) is 5.69 Å². The van der Waals surface area contributed by atoms with E-state index in [9.17, 15) is 10.1 Å². The van der Waals surface area contributed by atoms with Gasteiger partial charge in [-0.3, -0.25) is 10.1 Å². The number of hydrogen-bond acceptors (Lipinski definition) is 4. The van der Waals surface area contributed by atoms with Crippen LogP contribution in [0.25, 0.3) is 0 Å². The van der Waals surface area contributed by atoms with E-state index in [1.165, 1.54) is 28.5 Å². The Morgan fingerprint density at radius 3 is 3.00 bits per heavy atom. The quantitative estimate of drug-likeness (QED) is 0.583. The van der Waals surface area contributed by atoms with Crippen LogP contribution in [0.3, 0.4) is 0 Å². The fraction of sp³-hybridized carbons (Fsp3) is 0. The summed E-state index contributed by atoms with van der Waals surface area (Å²) >= 11 is 3.07. The molecule has 0 fully saturated rings. The van der Waals surface area contributed by atoms with Crippen molar-refractivity contribution in [2.45, 2.75) is 5.03 Å². The van der Waals surface area contributed by atoms with E-state index in [0.29, 0.717) is 5.03 Å². The van der Waals surface area contributed by atoms with Gasteiger partial charge in [-0.05, 0) is 25.0 Å². The Balaban J connectivity index is 3.01. The highest BCUT2D eigenvalue weighted by Gasteiger charge is 2.05. The number of hydrogen-bond donors (Lipinski definition) is 0. The van der Waals surface area contributed by atoms with E-state index in [0.717, 1.165) is 0 Å². The number of halogens is 1. The molecule has 0 amide bonds. The van der Waals surface area contributed by atoms with E-state index in [2.05, 4.69) is 19.8 Å². The van der Waals surface area contributed by atoms with Gasteiger partial charge in [-0.1, -0.05) is 0 Å². The summed E-state index contributed by atoms with van der Waals surface area (Å²) in [6.45, 7) is 0. The summed E-state index contributed by atoms with van der Waals surface area (Å²) in [4.78, 5) is 13.6. The maximum atomic E-state index is 10.2. The molecule has 1 rings (SSSR count). The molecule has 1 aromatic heterocycles. The van der Waals surface area contributed by atoms with Gasteiger partial charge in [-0.2, -0.15) is 0 Å². The van der Waals surface area contributed by atoms with Crippen molar-refractivity contribution in [2.24, 2.45) is 0 Å². The van der Waals surface area contributed by atoms with E-state index in [1.54, 1.807) is 0 Å². The summed E-state index contributed by atoms with van der Waals surface area (Å²) in [5.74, 6) is 0. The SMILES string of the molecule is O=[N+]([O-])c1ccnc(SBr)c1. The Bertz CT molecular complexity index is 281. The van der Waals surface area contributed by atoms with Gasteiger partial charge < -0.3 is 0 Å². The molecular weight excluding hydrogens is 232 g/mol. The molecule has 0 aliphatic heterocycles. The Kier molecular flexibility index (Phi) is 2.84. The third kappa shape index (κ3) is 2.16. The maximum absolute atomic E-state index is 10.2. The molecule has 0 aliphatic rings. The summed E-state index contributed by atoms with van der Waals surface area (Å²) < 4.78 is 0. The van der Waals surface area contributed by atoms with Crippen LogP contribution in [0.15, 0.2) is 23.4 Å². The van der Waals surface area contributed by atoms with E-state index in [-0.39, 0.29) is 5.69 Å². The van der Waals surface area contributed by atoms with Crippen LogP contribution in [-0.2, 0) is 0 Å². The highest BCUT2D eigenvalue weighted by atomic mass is 79.9. The summed E-state index contributed by atoms with van der Waals surface area (Å²) in [6.07, 6.45) is 1.40. The van der Waals surface area contributed by atoms with Gasteiger partial charge in [0, 0.05) is 18.3 Å². The van der Waals surface area contributed by atoms with Crippen molar-refractivity contribution < 1.29 is 4.92 Å². The third-order valence-electron chi connectivity index (χ3n) is 1.01. The largest absolute Gasteiger partial charge is 0.273 e. The molecule has 6 heteroatoms. The van der Waals surface area contributed by atoms with Gasteiger partial charge in [0.1, 0.15) is 5.03 Å². The van der Waals surface area contributed by atoms with E-state index in [4.69, 9.17) is 0 Å². The third-order valence-corrected chi connectivity index (χ3v) is 2.38. The number of rotatable bonds is 2. The normalized spacial score (nSPS) is 9.55. The van der Waals surface area contributed by atoms with Gasteiger partial charge in [0.15, 0.2) is 0 Å². The molecule has 1 heterocycles. The molecule has 0 atom stereocenters. The van der Waals surface area contributed by atoms with Gasteiger partial charge in [-0.15, -0.1) is 0 Å². The second-order valence-corrected chi connectivity index (χ2v) is 3.23. The maximum Gasteiger partial charge on any atom is 0.273 e. The molecule has 0 aliphatic carbocycles. The zero-order chi connectivity index (χ0) is 8.27. The van der Waals surface area contributed by atoms with Crippen LogP contribution in [0.5, 0.6) is 0 Å². The number of pyridine rings is 1. The predicted octanol–water partition coefficient (Wildman–Crippen LogP) is 2.39. The van der Waals surface area contributed by atoms with Gasteiger partial charge >= 0.3 is 0 Å². The van der Waals surface area contributed by atoms with Crippen molar-refractivity contribution in [1.29, 1.82) is 0 Å². The lowest BCUT2D eigenvalue weighted by Crippen LogP contribution is -1.88. The minimum atomic E-state index is -0.450. The molecule has 0 saturated carbocycles. The lowest BCUT2D eigenvalue weighted by atomic mass is 10.4. The second-order valence-electron chi connectivity index (χ2n) is 1.69. The lowest BCUT2D eigenvalue weighted by Gasteiger charge is -1.91. The summed E-state index contributed by atoms with van der Waals surface area (Å²) in [5, 5.41) is 10.8. The number of nitrogens with zero attached hydrogens (tertiary/aromatic N) is 2. The van der Waals surface area contributed by atoms with Crippen LogP contribution in [0, 0.1) is 10.1 Å². The molecular formula is C5H3BrN2O2S. The van der Waals surface area contributed by atoms with E-state index >= 15 is 0 Å². The predicted molar refractivity (Wildman–Crippen MR) is 45.7 cm³/mol. The Morgan fingerprint density at radius 2 is 2.45 bits per heavy atom. The van der Waals surface area contributed by atoms with Crippen LogP contribution in [0.2, 0.25) is 0 Å². The summed E-state index contributed by atoms with van der Waals surface area (Å²) in [7, 11) is 1.20. The fourth-order valence-corrected chi connectivity index (χ4v) is 1.35. The first-order valence-electron chi connectivity index (χ1n) is 2.63. The molecule has 0 saturated heterocycles. The first kappa shape index (κ1) is 8.48. The Hall–Kier alpha value is -0.620. The van der Waals surface area contributed by atoms with E-state index in [1.807, 2.05) is 0 Å². The first-order chi connectivity index (χ1) is 5.24. The molecule has 0 spiro atoms. The van der Waals surface area contributed by atoms with Crippen LogP contribution < -0.4 is 0 Å². The van der Waals surface area contributed by atoms with Crippen LogP contribution >= 0.6 is 25.0 Å². The highest BCUT2D eigenvalue weighted by Crippen LogP contribution is 2.24. The monoisotopic (exact) mass is 234 g/mol. The van der Waals surface area contributed by atoms with Crippen LogP contribution in [-0.4, -0.2) is 9.91 Å². The van der Waals surface area contributed by atoms with Gasteiger partial charge in [0.05, 0.1) is 4.92 Å². The zero-order valence-electron chi connectivity index (χ0n) is 5.23. The second kappa shape index (κ2) is 3.68. The molecule has 0 radical (unpaired) electrons. The molecule has 58 valence electrons. The number of aromatic nitrogens is 1.